The molecule has 2 saturated carbocycles. The van der Waals surface area contributed by atoms with Crippen LogP contribution in [-0.4, -0.2) is 6.10 Å². The maximum absolute atomic E-state index is 11.9. The van der Waals surface area contributed by atoms with Crippen molar-refractivity contribution >= 4 is 0 Å². The molecule has 2 aliphatic carbocycles. The fraction of sp³-hybridized carbons (Fsp3) is 0.867. The molecule has 0 aromatic heterocycles. The third kappa shape index (κ3) is 2.80. The van der Waals surface area contributed by atoms with Gasteiger partial charge in [0.05, 0.1) is 0 Å². The second-order valence-corrected chi connectivity index (χ2v) is 6.80. The van der Waals surface area contributed by atoms with Gasteiger partial charge in [-0.2, -0.15) is 0 Å². The Morgan fingerprint density at radius 2 is 1.94 bits per heavy atom. The maximum atomic E-state index is 11.9. The van der Waals surface area contributed by atoms with Crippen LogP contribution < -0.4 is 0 Å². The molecule has 2 fully saturated rings. The van der Waals surface area contributed by atoms with Crippen LogP contribution in [0.25, 0.3) is 0 Å². The number of hydrogen-bond donors (Lipinski definition) is 0. The van der Waals surface area contributed by atoms with Crippen LogP contribution in [0.3, 0.4) is 0 Å². The minimum absolute atomic E-state index is 0.225. The standard InChI is InChI=1S/C15H23O/c1-14(2,3)13(16)7-10-15(8-4-9-15)11-12-5-6-12/h12-13H,4-6,8-9,11H2,1-3H3. The minimum Gasteiger partial charge on any atom is -0.218 e. The van der Waals surface area contributed by atoms with Crippen molar-refractivity contribution in [3.8, 4) is 11.8 Å². The highest BCUT2D eigenvalue weighted by molar-refractivity contribution is 5.19. The Hall–Kier alpha value is -0.480. The van der Waals surface area contributed by atoms with Crippen molar-refractivity contribution in [3.63, 3.8) is 0 Å². The molecular weight excluding hydrogens is 196 g/mol. The van der Waals surface area contributed by atoms with Gasteiger partial charge in [-0.1, -0.05) is 51.9 Å². The van der Waals surface area contributed by atoms with Gasteiger partial charge in [0.25, 0.3) is 0 Å². The van der Waals surface area contributed by atoms with Crippen LogP contribution >= 0.6 is 0 Å². The van der Waals surface area contributed by atoms with Crippen molar-refractivity contribution in [2.45, 2.75) is 65.4 Å². The lowest BCUT2D eigenvalue weighted by Gasteiger charge is -2.37. The molecule has 0 amide bonds. The van der Waals surface area contributed by atoms with Crippen molar-refractivity contribution in [2.75, 3.05) is 0 Å². The van der Waals surface area contributed by atoms with E-state index < -0.39 is 6.10 Å². The summed E-state index contributed by atoms with van der Waals surface area (Å²) in [6, 6.07) is 0. The molecular formula is C15H23O. The predicted molar refractivity (Wildman–Crippen MR) is 65.3 cm³/mol. The predicted octanol–water partition coefficient (Wildman–Crippen LogP) is 3.81. The Morgan fingerprint density at radius 1 is 1.31 bits per heavy atom. The highest BCUT2D eigenvalue weighted by Gasteiger charge is 2.40. The van der Waals surface area contributed by atoms with Gasteiger partial charge < -0.3 is 0 Å². The Balaban J connectivity index is 1.97. The maximum Gasteiger partial charge on any atom is 0.158 e. The summed E-state index contributed by atoms with van der Waals surface area (Å²) in [5.74, 6) is 7.27. The topological polar surface area (TPSA) is 19.9 Å². The fourth-order valence-corrected chi connectivity index (χ4v) is 2.29. The van der Waals surface area contributed by atoms with E-state index in [9.17, 15) is 5.11 Å². The molecule has 0 aromatic rings. The lowest BCUT2D eigenvalue weighted by molar-refractivity contribution is 0.0457. The largest absolute Gasteiger partial charge is 0.218 e. The van der Waals surface area contributed by atoms with E-state index in [0.29, 0.717) is 0 Å². The molecule has 0 spiro atoms. The molecule has 0 heterocycles. The van der Waals surface area contributed by atoms with E-state index >= 15 is 0 Å². The van der Waals surface area contributed by atoms with E-state index in [4.69, 9.17) is 0 Å². The molecule has 1 radical (unpaired) electrons. The van der Waals surface area contributed by atoms with Gasteiger partial charge in [0.1, 0.15) is 0 Å². The zero-order chi connectivity index (χ0) is 11.8. The third-order valence-corrected chi connectivity index (χ3v) is 3.94. The Bertz CT molecular complexity index is 305. The molecule has 0 bridgehead atoms. The molecule has 0 N–H and O–H groups in total. The van der Waals surface area contributed by atoms with E-state index in [2.05, 4.69) is 11.8 Å². The van der Waals surface area contributed by atoms with Crippen LogP contribution in [0.5, 0.6) is 0 Å². The molecule has 2 rings (SSSR count). The molecule has 1 heteroatoms. The molecule has 1 atom stereocenters. The van der Waals surface area contributed by atoms with Gasteiger partial charge in [-0.25, -0.2) is 5.11 Å². The highest BCUT2D eigenvalue weighted by atomic mass is 16.3. The summed E-state index contributed by atoms with van der Waals surface area (Å²) in [6.45, 7) is 5.94. The first-order valence-electron chi connectivity index (χ1n) is 6.60. The summed E-state index contributed by atoms with van der Waals surface area (Å²) in [7, 11) is 0. The first-order valence-corrected chi connectivity index (χ1v) is 6.60. The summed E-state index contributed by atoms with van der Waals surface area (Å²) >= 11 is 0. The van der Waals surface area contributed by atoms with Crippen LogP contribution in [0, 0.1) is 28.6 Å². The molecule has 1 nitrogen and oxygen atoms in total. The summed E-state index contributed by atoms with van der Waals surface area (Å²) < 4.78 is 0. The van der Waals surface area contributed by atoms with Gasteiger partial charge in [-0.05, 0) is 25.2 Å². The SMILES string of the molecule is CC(C)(C)C([O])C#CC1(CC2CC2)CCC1. The summed E-state index contributed by atoms with van der Waals surface area (Å²) in [4.78, 5) is 0. The van der Waals surface area contributed by atoms with E-state index in [1.54, 1.807) is 0 Å². The van der Waals surface area contributed by atoms with Crippen LogP contribution in [0.4, 0.5) is 0 Å². The van der Waals surface area contributed by atoms with Crippen LogP contribution in [-0.2, 0) is 5.11 Å². The summed E-state index contributed by atoms with van der Waals surface area (Å²) in [5, 5.41) is 11.9. The lowest BCUT2D eigenvalue weighted by atomic mass is 9.66. The number of hydrogen-bond acceptors (Lipinski definition) is 0. The fourth-order valence-electron chi connectivity index (χ4n) is 2.29. The Labute approximate surface area is 99.6 Å². The Kier molecular flexibility index (Phi) is 3.05. The van der Waals surface area contributed by atoms with Crippen molar-refractivity contribution in [3.05, 3.63) is 0 Å². The normalized spacial score (nSPS) is 25.2. The third-order valence-electron chi connectivity index (χ3n) is 3.94. The van der Waals surface area contributed by atoms with Gasteiger partial charge in [-0.3, -0.25) is 0 Å². The first-order chi connectivity index (χ1) is 7.41. The molecule has 89 valence electrons. The van der Waals surface area contributed by atoms with Gasteiger partial charge in [0.2, 0.25) is 0 Å². The second kappa shape index (κ2) is 4.08. The van der Waals surface area contributed by atoms with Gasteiger partial charge >= 0.3 is 0 Å². The Morgan fingerprint density at radius 3 is 2.31 bits per heavy atom. The smallest absolute Gasteiger partial charge is 0.158 e. The van der Waals surface area contributed by atoms with Crippen molar-refractivity contribution in [1.82, 2.24) is 0 Å². The monoisotopic (exact) mass is 219 g/mol. The summed E-state index contributed by atoms with van der Waals surface area (Å²) in [6.07, 6.45) is 7.08. The van der Waals surface area contributed by atoms with Crippen molar-refractivity contribution in [1.29, 1.82) is 0 Å². The van der Waals surface area contributed by atoms with Crippen molar-refractivity contribution < 1.29 is 5.11 Å². The highest BCUT2D eigenvalue weighted by Crippen LogP contribution is 2.50. The van der Waals surface area contributed by atoms with E-state index in [1.165, 1.54) is 38.5 Å². The molecule has 0 aromatic carbocycles. The lowest BCUT2D eigenvalue weighted by Crippen LogP contribution is -2.29. The van der Waals surface area contributed by atoms with Crippen molar-refractivity contribution in [2.24, 2.45) is 16.7 Å². The van der Waals surface area contributed by atoms with Crippen LogP contribution in [0.2, 0.25) is 0 Å². The molecule has 1 unspecified atom stereocenters. The van der Waals surface area contributed by atoms with E-state index in [0.717, 1.165) is 5.92 Å². The average Bonchev–Trinajstić information content (AvgIpc) is 2.90. The van der Waals surface area contributed by atoms with Gasteiger partial charge in [0, 0.05) is 10.8 Å². The quantitative estimate of drug-likeness (QED) is 0.629. The molecule has 0 aliphatic heterocycles. The average molecular weight is 219 g/mol. The van der Waals surface area contributed by atoms with Gasteiger partial charge in [-0.15, -0.1) is 0 Å². The number of rotatable bonds is 2. The molecule has 2 aliphatic rings. The first kappa shape index (κ1) is 12.0. The zero-order valence-electron chi connectivity index (χ0n) is 10.8. The second-order valence-electron chi connectivity index (χ2n) is 6.80. The van der Waals surface area contributed by atoms with E-state index in [1.807, 2.05) is 20.8 Å². The minimum atomic E-state index is -0.732. The van der Waals surface area contributed by atoms with E-state index in [-0.39, 0.29) is 10.8 Å². The molecule has 0 saturated heterocycles. The van der Waals surface area contributed by atoms with Crippen LogP contribution in [0.1, 0.15) is 59.3 Å². The van der Waals surface area contributed by atoms with Gasteiger partial charge in [0.15, 0.2) is 6.10 Å². The zero-order valence-corrected chi connectivity index (χ0v) is 10.8. The summed E-state index contributed by atoms with van der Waals surface area (Å²) in [5.41, 5.74) is 0.0204. The molecule has 16 heavy (non-hydrogen) atoms. The van der Waals surface area contributed by atoms with Crippen LogP contribution in [0.15, 0.2) is 0 Å².